The summed E-state index contributed by atoms with van der Waals surface area (Å²) in [6, 6.07) is 7.39. The molecule has 5 heteroatoms. The van der Waals surface area contributed by atoms with E-state index in [0.29, 0.717) is 17.0 Å². The number of rotatable bonds is 3. The Balaban J connectivity index is 2.40. The van der Waals surface area contributed by atoms with E-state index in [1.165, 1.54) is 16.8 Å². The minimum atomic E-state index is -2.46. The lowest BCUT2D eigenvalue weighted by atomic mass is 10.1. The Bertz CT molecular complexity index is 503. The third-order valence-corrected chi connectivity index (χ3v) is 2.35. The van der Waals surface area contributed by atoms with Gasteiger partial charge in [0.15, 0.2) is 0 Å². The maximum absolute atomic E-state index is 12.8. The molecule has 1 aromatic carbocycles. The minimum Gasteiger partial charge on any atom is -0.259 e. The van der Waals surface area contributed by atoms with E-state index in [4.69, 9.17) is 0 Å². The number of aromatic nitrogens is 2. The summed E-state index contributed by atoms with van der Waals surface area (Å²) in [4.78, 5) is 0. The van der Waals surface area contributed by atoms with Crippen molar-refractivity contribution >= 4 is 0 Å². The highest BCUT2D eigenvalue weighted by Crippen LogP contribution is 2.21. The van der Waals surface area contributed by atoms with Gasteiger partial charge in [0.2, 0.25) is 0 Å². The molecule has 0 saturated carbocycles. The van der Waals surface area contributed by atoms with Crippen molar-refractivity contribution in [1.82, 2.24) is 9.78 Å². The van der Waals surface area contributed by atoms with E-state index in [1.54, 1.807) is 25.1 Å². The standard InChI is InChI=1S/C12H11F3N2/c1-8-6-11(17(16-8)7-12(14)15)9-2-4-10(13)5-3-9/h2-6,12H,7H2,1H3. The Morgan fingerprint density at radius 1 is 1.24 bits per heavy atom. The maximum atomic E-state index is 12.8. The van der Waals surface area contributed by atoms with Gasteiger partial charge < -0.3 is 0 Å². The van der Waals surface area contributed by atoms with Gasteiger partial charge in [-0.15, -0.1) is 0 Å². The van der Waals surface area contributed by atoms with Crippen molar-refractivity contribution in [3.8, 4) is 11.3 Å². The summed E-state index contributed by atoms with van der Waals surface area (Å²) in [5, 5.41) is 3.99. The molecule has 90 valence electrons. The van der Waals surface area contributed by atoms with Crippen LogP contribution in [0.3, 0.4) is 0 Å². The van der Waals surface area contributed by atoms with Gasteiger partial charge >= 0.3 is 0 Å². The number of aryl methyl sites for hydroxylation is 1. The van der Waals surface area contributed by atoms with Crippen LogP contribution in [0.25, 0.3) is 11.3 Å². The number of hydrogen-bond acceptors (Lipinski definition) is 1. The number of nitrogens with zero attached hydrogens (tertiary/aromatic N) is 2. The van der Waals surface area contributed by atoms with Crippen LogP contribution in [-0.4, -0.2) is 16.2 Å². The summed E-state index contributed by atoms with van der Waals surface area (Å²) >= 11 is 0. The van der Waals surface area contributed by atoms with E-state index < -0.39 is 13.0 Å². The first kappa shape index (κ1) is 11.7. The third-order valence-electron chi connectivity index (χ3n) is 2.35. The lowest BCUT2D eigenvalue weighted by Gasteiger charge is -2.06. The van der Waals surface area contributed by atoms with E-state index in [1.807, 2.05) is 0 Å². The molecule has 1 heterocycles. The predicted octanol–water partition coefficient (Wildman–Crippen LogP) is 3.26. The van der Waals surface area contributed by atoms with Gasteiger partial charge in [0.1, 0.15) is 12.4 Å². The summed E-state index contributed by atoms with van der Waals surface area (Å²) in [5.74, 6) is -0.356. The highest BCUT2D eigenvalue weighted by Gasteiger charge is 2.12. The lowest BCUT2D eigenvalue weighted by molar-refractivity contribution is 0.122. The van der Waals surface area contributed by atoms with Crippen LogP contribution < -0.4 is 0 Å². The Hall–Kier alpha value is -1.78. The van der Waals surface area contributed by atoms with Crippen LogP contribution in [0, 0.1) is 12.7 Å². The third kappa shape index (κ3) is 2.67. The van der Waals surface area contributed by atoms with Crippen LogP contribution in [-0.2, 0) is 6.54 Å². The molecule has 2 aromatic rings. The fraction of sp³-hybridized carbons (Fsp3) is 0.250. The van der Waals surface area contributed by atoms with Gasteiger partial charge in [-0.3, -0.25) is 4.68 Å². The van der Waals surface area contributed by atoms with E-state index in [-0.39, 0.29) is 5.82 Å². The normalized spacial score (nSPS) is 11.1. The SMILES string of the molecule is Cc1cc(-c2ccc(F)cc2)n(CC(F)F)n1. The summed E-state index contributed by atoms with van der Waals surface area (Å²) in [7, 11) is 0. The summed E-state index contributed by atoms with van der Waals surface area (Å²) in [6.07, 6.45) is -2.46. The van der Waals surface area contributed by atoms with E-state index >= 15 is 0 Å². The molecule has 2 rings (SSSR count). The van der Waals surface area contributed by atoms with Crippen molar-refractivity contribution in [3.63, 3.8) is 0 Å². The molecule has 0 radical (unpaired) electrons. The predicted molar refractivity (Wildman–Crippen MR) is 58.4 cm³/mol. The zero-order chi connectivity index (χ0) is 12.4. The molecule has 0 saturated heterocycles. The quantitative estimate of drug-likeness (QED) is 0.805. The Morgan fingerprint density at radius 3 is 2.47 bits per heavy atom. The van der Waals surface area contributed by atoms with Gasteiger partial charge in [0, 0.05) is 0 Å². The van der Waals surface area contributed by atoms with Gasteiger partial charge in [-0.1, -0.05) is 0 Å². The Morgan fingerprint density at radius 2 is 1.88 bits per heavy atom. The summed E-state index contributed by atoms with van der Waals surface area (Å²) in [6.45, 7) is 1.27. The Kier molecular flexibility index (Phi) is 3.17. The highest BCUT2D eigenvalue weighted by molar-refractivity contribution is 5.59. The second kappa shape index (κ2) is 4.61. The molecule has 0 aliphatic heterocycles. The molecule has 1 aromatic heterocycles. The van der Waals surface area contributed by atoms with Gasteiger partial charge in [0.05, 0.1) is 11.4 Å². The molecule has 0 atom stereocenters. The average molecular weight is 240 g/mol. The molecule has 0 unspecified atom stereocenters. The van der Waals surface area contributed by atoms with Gasteiger partial charge in [-0.05, 0) is 42.8 Å². The number of benzene rings is 1. The largest absolute Gasteiger partial charge is 0.259 e. The van der Waals surface area contributed by atoms with Crippen LogP contribution in [0.15, 0.2) is 30.3 Å². The molecule has 0 spiro atoms. The highest BCUT2D eigenvalue weighted by atomic mass is 19.3. The molecule has 17 heavy (non-hydrogen) atoms. The fourth-order valence-electron chi connectivity index (χ4n) is 1.67. The summed E-state index contributed by atoms with van der Waals surface area (Å²) < 4.78 is 38.8. The van der Waals surface area contributed by atoms with Crippen molar-refractivity contribution < 1.29 is 13.2 Å². The number of halogens is 3. The molecule has 0 aliphatic carbocycles. The fourth-order valence-corrected chi connectivity index (χ4v) is 1.67. The average Bonchev–Trinajstić information content (AvgIpc) is 2.59. The first-order valence-electron chi connectivity index (χ1n) is 5.15. The molecular formula is C12H11F3N2. The second-order valence-electron chi connectivity index (χ2n) is 3.75. The van der Waals surface area contributed by atoms with Crippen molar-refractivity contribution in [1.29, 1.82) is 0 Å². The van der Waals surface area contributed by atoms with Crippen molar-refractivity contribution in [2.75, 3.05) is 0 Å². The molecule has 0 aliphatic rings. The zero-order valence-electron chi connectivity index (χ0n) is 9.20. The molecule has 0 fully saturated rings. The topological polar surface area (TPSA) is 17.8 Å². The van der Waals surface area contributed by atoms with Crippen LogP contribution in [0.4, 0.5) is 13.2 Å². The van der Waals surface area contributed by atoms with Crippen molar-refractivity contribution in [2.24, 2.45) is 0 Å². The molecule has 2 nitrogen and oxygen atoms in total. The smallest absolute Gasteiger partial charge is 0.257 e. The monoisotopic (exact) mass is 240 g/mol. The first-order valence-corrected chi connectivity index (χ1v) is 5.15. The van der Waals surface area contributed by atoms with Gasteiger partial charge in [-0.2, -0.15) is 5.10 Å². The Labute approximate surface area is 96.7 Å². The van der Waals surface area contributed by atoms with Crippen LogP contribution in [0.5, 0.6) is 0 Å². The molecule has 0 bridgehead atoms. The van der Waals surface area contributed by atoms with E-state index in [0.717, 1.165) is 0 Å². The van der Waals surface area contributed by atoms with Crippen molar-refractivity contribution in [2.45, 2.75) is 19.9 Å². The molecule has 0 N–H and O–H groups in total. The van der Waals surface area contributed by atoms with Crippen molar-refractivity contribution in [3.05, 3.63) is 41.8 Å². The maximum Gasteiger partial charge on any atom is 0.257 e. The first-order chi connectivity index (χ1) is 8.06. The van der Waals surface area contributed by atoms with Gasteiger partial charge in [0.25, 0.3) is 6.43 Å². The minimum absolute atomic E-state index is 0.356. The number of alkyl halides is 2. The second-order valence-corrected chi connectivity index (χ2v) is 3.75. The molecular weight excluding hydrogens is 229 g/mol. The zero-order valence-corrected chi connectivity index (χ0v) is 9.20. The lowest BCUT2D eigenvalue weighted by Crippen LogP contribution is -2.09. The van der Waals surface area contributed by atoms with E-state index in [2.05, 4.69) is 5.10 Å². The van der Waals surface area contributed by atoms with E-state index in [9.17, 15) is 13.2 Å². The number of hydrogen-bond donors (Lipinski definition) is 0. The van der Waals surface area contributed by atoms with Crippen LogP contribution >= 0.6 is 0 Å². The van der Waals surface area contributed by atoms with Gasteiger partial charge in [-0.25, -0.2) is 13.2 Å². The molecule has 0 amide bonds. The summed E-state index contributed by atoms with van der Waals surface area (Å²) in [5.41, 5.74) is 1.90. The van der Waals surface area contributed by atoms with Crippen LogP contribution in [0.1, 0.15) is 5.69 Å². The van der Waals surface area contributed by atoms with Crippen LogP contribution in [0.2, 0.25) is 0 Å².